The van der Waals surface area contributed by atoms with Crippen LogP contribution in [0.5, 0.6) is 0 Å². The summed E-state index contributed by atoms with van der Waals surface area (Å²) in [5, 5.41) is 0.778. The molecule has 1 heterocycles. The first-order valence-corrected chi connectivity index (χ1v) is 8.73. The van der Waals surface area contributed by atoms with Gasteiger partial charge in [0, 0.05) is 15.5 Å². The van der Waals surface area contributed by atoms with E-state index in [1.807, 2.05) is 12.1 Å². The van der Waals surface area contributed by atoms with Crippen LogP contribution in [0.3, 0.4) is 0 Å². The van der Waals surface area contributed by atoms with Crippen LogP contribution in [0.25, 0.3) is 0 Å². The second-order valence-corrected chi connectivity index (χ2v) is 6.93. The fraction of sp³-hybridized carbons (Fsp3) is 0.625. The van der Waals surface area contributed by atoms with E-state index in [0.29, 0.717) is 12.0 Å². The monoisotopic (exact) mass is 358 g/mol. The number of rotatable bonds is 4. The molecule has 1 aliphatic heterocycles. The van der Waals surface area contributed by atoms with Crippen molar-refractivity contribution in [3.05, 3.63) is 33.3 Å². The maximum absolute atomic E-state index is 6.09. The summed E-state index contributed by atoms with van der Waals surface area (Å²) in [5.41, 5.74) is 7.40. The summed E-state index contributed by atoms with van der Waals surface area (Å²) in [4.78, 5) is 2.61. The maximum atomic E-state index is 6.09. The number of halogens is 2. The fourth-order valence-corrected chi connectivity index (χ4v) is 4.21. The van der Waals surface area contributed by atoms with Gasteiger partial charge in [-0.2, -0.15) is 0 Å². The van der Waals surface area contributed by atoms with Crippen molar-refractivity contribution in [1.82, 2.24) is 4.90 Å². The largest absolute Gasteiger partial charge is 0.330 e. The molecule has 2 rings (SSSR count). The average Bonchev–Trinajstić information content (AvgIpc) is 2.62. The van der Waals surface area contributed by atoms with Crippen molar-refractivity contribution in [3.63, 3.8) is 0 Å². The Kier molecular flexibility index (Phi) is 6.34. The predicted molar refractivity (Wildman–Crippen MR) is 90.2 cm³/mol. The zero-order valence-corrected chi connectivity index (χ0v) is 14.5. The van der Waals surface area contributed by atoms with E-state index in [1.165, 1.54) is 37.8 Å². The third-order valence-electron chi connectivity index (χ3n) is 4.20. The predicted octanol–water partition coefficient (Wildman–Crippen LogP) is 4.61. The minimum absolute atomic E-state index is 0.411. The standard InChI is InChI=1S/C16H24BrClN2/c1-2-8-20-9-4-3-5-12(11-19)16(20)14-7-6-13(18)10-15(14)17/h6-7,10,12,16H,2-5,8-9,11,19H2,1H3. The molecule has 0 aromatic heterocycles. The van der Waals surface area contributed by atoms with Crippen LogP contribution in [0, 0.1) is 5.92 Å². The van der Waals surface area contributed by atoms with E-state index < -0.39 is 0 Å². The number of nitrogens with two attached hydrogens (primary N) is 1. The van der Waals surface area contributed by atoms with Crippen LogP contribution in [-0.2, 0) is 0 Å². The molecule has 1 aliphatic rings. The lowest BCUT2D eigenvalue weighted by atomic mass is 9.89. The molecule has 0 spiro atoms. The molecule has 0 radical (unpaired) electrons. The SMILES string of the molecule is CCCN1CCCCC(CN)C1c1ccc(Cl)cc1Br. The third-order valence-corrected chi connectivity index (χ3v) is 5.13. The number of hydrogen-bond acceptors (Lipinski definition) is 2. The van der Waals surface area contributed by atoms with Gasteiger partial charge in [-0.25, -0.2) is 0 Å². The van der Waals surface area contributed by atoms with Crippen molar-refractivity contribution in [1.29, 1.82) is 0 Å². The highest BCUT2D eigenvalue weighted by atomic mass is 79.9. The number of benzene rings is 1. The lowest BCUT2D eigenvalue weighted by molar-refractivity contribution is 0.158. The Morgan fingerprint density at radius 3 is 2.85 bits per heavy atom. The molecule has 0 bridgehead atoms. The van der Waals surface area contributed by atoms with Gasteiger partial charge < -0.3 is 5.73 Å². The highest BCUT2D eigenvalue weighted by Gasteiger charge is 2.31. The number of nitrogens with zero attached hydrogens (tertiary/aromatic N) is 1. The van der Waals surface area contributed by atoms with Gasteiger partial charge in [-0.15, -0.1) is 0 Å². The quantitative estimate of drug-likeness (QED) is 0.850. The van der Waals surface area contributed by atoms with Crippen LogP contribution in [0.4, 0.5) is 0 Å². The summed E-state index contributed by atoms with van der Waals surface area (Å²) >= 11 is 9.78. The summed E-state index contributed by atoms with van der Waals surface area (Å²) in [5.74, 6) is 0.529. The molecule has 1 aromatic rings. The maximum Gasteiger partial charge on any atom is 0.0417 e. The molecule has 0 saturated carbocycles. The first kappa shape index (κ1) is 16.3. The first-order chi connectivity index (χ1) is 9.67. The van der Waals surface area contributed by atoms with Gasteiger partial charge in [0.1, 0.15) is 0 Å². The average molecular weight is 360 g/mol. The zero-order valence-electron chi connectivity index (χ0n) is 12.1. The van der Waals surface area contributed by atoms with E-state index in [0.717, 1.165) is 22.6 Å². The Balaban J connectivity index is 2.37. The normalized spacial score (nSPS) is 24.6. The zero-order chi connectivity index (χ0) is 14.5. The first-order valence-electron chi connectivity index (χ1n) is 7.56. The summed E-state index contributed by atoms with van der Waals surface area (Å²) in [6, 6.07) is 6.56. The van der Waals surface area contributed by atoms with Crippen molar-refractivity contribution >= 4 is 27.5 Å². The van der Waals surface area contributed by atoms with Crippen LogP contribution >= 0.6 is 27.5 Å². The summed E-state index contributed by atoms with van der Waals surface area (Å²) in [7, 11) is 0. The Morgan fingerprint density at radius 2 is 2.20 bits per heavy atom. The number of hydrogen-bond donors (Lipinski definition) is 1. The lowest BCUT2D eigenvalue weighted by Crippen LogP contribution is -2.36. The van der Waals surface area contributed by atoms with Crippen molar-refractivity contribution in [2.75, 3.05) is 19.6 Å². The van der Waals surface area contributed by atoms with Gasteiger partial charge in [-0.05, 0) is 62.5 Å². The molecule has 0 aliphatic carbocycles. The van der Waals surface area contributed by atoms with Gasteiger partial charge in [0.15, 0.2) is 0 Å². The van der Waals surface area contributed by atoms with Crippen LogP contribution in [0.2, 0.25) is 5.02 Å². The molecule has 4 heteroatoms. The van der Waals surface area contributed by atoms with E-state index in [2.05, 4.69) is 33.8 Å². The molecule has 1 aromatic carbocycles. The Hall–Kier alpha value is -0.0900. The molecule has 2 unspecified atom stereocenters. The van der Waals surface area contributed by atoms with Gasteiger partial charge in [0.05, 0.1) is 0 Å². The second-order valence-electron chi connectivity index (χ2n) is 5.64. The molecule has 0 amide bonds. The summed E-state index contributed by atoms with van der Waals surface area (Å²) < 4.78 is 1.11. The van der Waals surface area contributed by atoms with Crippen LogP contribution in [0.15, 0.2) is 22.7 Å². The van der Waals surface area contributed by atoms with Gasteiger partial charge in [-0.3, -0.25) is 4.90 Å². The van der Waals surface area contributed by atoms with Gasteiger partial charge in [-0.1, -0.05) is 46.9 Å². The van der Waals surface area contributed by atoms with E-state index in [9.17, 15) is 0 Å². The topological polar surface area (TPSA) is 29.3 Å². The summed E-state index contributed by atoms with van der Waals surface area (Å²) in [6.45, 7) is 5.30. The van der Waals surface area contributed by atoms with Gasteiger partial charge in [0.2, 0.25) is 0 Å². The smallest absolute Gasteiger partial charge is 0.0417 e. The van der Waals surface area contributed by atoms with Crippen molar-refractivity contribution in [2.24, 2.45) is 11.7 Å². The fourth-order valence-electron chi connectivity index (χ4n) is 3.29. The van der Waals surface area contributed by atoms with Crippen molar-refractivity contribution in [2.45, 2.75) is 38.6 Å². The molecular formula is C16H24BrClN2. The Bertz CT molecular complexity index is 438. The Labute approximate surface area is 135 Å². The molecule has 112 valence electrons. The highest BCUT2D eigenvalue weighted by molar-refractivity contribution is 9.10. The van der Waals surface area contributed by atoms with Gasteiger partial charge in [0.25, 0.3) is 0 Å². The van der Waals surface area contributed by atoms with E-state index in [1.54, 1.807) is 0 Å². The van der Waals surface area contributed by atoms with E-state index in [-0.39, 0.29) is 0 Å². The van der Waals surface area contributed by atoms with Crippen molar-refractivity contribution < 1.29 is 0 Å². The third kappa shape index (κ3) is 3.76. The molecule has 20 heavy (non-hydrogen) atoms. The molecular weight excluding hydrogens is 336 g/mol. The summed E-state index contributed by atoms with van der Waals surface area (Å²) in [6.07, 6.45) is 4.96. The molecule has 2 N–H and O–H groups in total. The second kappa shape index (κ2) is 7.79. The van der Waals surface area contributed by atoms with E-state index in [4.69, 9.17) is 17.3 Å². The van der Waals surface area contributed by atoms with Crippen LogP contribution in [-0.4, -0.2) is 24.5 Å². The molecule has 2 atom stereocenters. The highest BCUT2D eigenvalue weighted by Crippen LogP contribution is 2.38. The van der Waals surface area contributed by atoms with Crippen LogP contribution in [0.1, 0.15) is 44.2 Å². The Morgan fingerprint density at radius 1 is 1.40 bits per heavy atom. The lowest BCUT2D eigenvalue weighted by Gasteiger charge is -2.35. The minimum Gasteiger partial charge on any atom is -0.330 e. The van der Waals surface area contributed by atoms with E-state index >= 15 is 0 Å². The molecule has 1 saturated heterocycles. The minimum atomic E-state index is 0.411. The van der Waals surface area contributed by atoms with Crippen molar-refractivity contribution in [3.8, 4) is 0 Å². The molecule has 1 fully saturated rings. The number of likely N-dealkylation sites (tertiary alicyclic amines) is 1. The molecule has 2 nitrogen and oxygen atoms in total. The van der Waals surface area contributed by atoms with Gasteiger partial charge >= 0.3 is 0 Å². The van der Waals surface area contributed by atoms with Crippen LogP contribution < -0.4 is 5.73 Å².